The number of nitrogens with zero attached hydrogens (tertiary/aromatic N) is 4. The Morgan fingerprint density at radius 1 is 1.24 bits per heavy atom. The number of aromatic nitrogens is 4. The molecule has 0 bridgehead atoms. The average Bonchev–Trinajstić information content (AvgIpc) is 2.70. The fraction of sp³-hybridized carbons (Fsp3) is 0.364. The molecule has 0 saturated heterocycles. The van der Waals surface area contributed by atoms with Gasteiger partial charge in [-0.1, -0.05) is 25.4 Å². The first-order chi connectivity index (χ1) is 8.13. The third-order valence-corrected chi connectivity index (χ3v) is 2.56. The summed E-state index contributed by atoms with van der Waals surface area (Å²) in [5.74, 6) is 2.26. The smallest absolute Gasteiger partial charge is 0.159 e. The van der Waals surface area contributed by atoms with E-state index in [0.29, 0.717) is 16.7 Å². The Morgan fingerprint density at radius 3 is 2.59 bits per heavy atom. The normalized spacial score (nSPS) is 10.8. The molecule has 2 rings (SSSR count). The number of anilines is 1. The van der Waals surface area contributed by atoms with Crippen molar-refractivity contribution in [3.8, 4) is 5.82 Å². The number of pyridine rings is 1. The molecule has 2 aromatic rings. The minimum atomic E-state index is 0.357. The van der Waals surface area contributed by atoms with E-state index in [1.165, 1.54) is 0 Å². The first kappa shape index (κ1) is 11.9. The average molecular weight is 252 g/mol. The van der Waals surface area contributed by atoms with E-state index in [9.17, 15) is 0 Å². The second-order valence-corrected chi connectivity index (χ2v) is 4.03. The van der Waals surface area contributed by atoms with Crippen molar-refractivity contribution in [2.24, 2.45) is 0 Å². The molecule has 0 radical (unpaired) electrons. The quantitative estimate of drug-likeness (QED) is 0.848. The molecule has 0 aliphatic carbocycles. The Balaban J connectivity index is 2.54. The molecule has 5 nitrogen and oxygen atoms in total. The number of hydrogen-bond acceptors (Lipinski definition) is 4. The minimum Gasteiger partial charge on any atom is -0.399 e. The van der Waals surface area contributed by atoms with Gasteiger partial charge < -0.3 is 5.73 Å². The maximum atomic E-state index is 5.88. The lowest BCUT2D eigenvalue weighted by atomic mass is 10.4. The number of aryl methyl sites for hydroxylation is 2. The lowest BCUT2D eigenvalue weighted by molar-refractivity contribution is 0.770. The summed E-state index contributed by atoms with van der Waals surface area (Å²) in [4.78, 5) is 8.62. The Bertz CT molecular complexity index is 514. The van der Waals surface area contributed by atoms with Crippen LogP contribution in [0.4, 0.5) is 5.69 Å². The van der Waals surface area contributed by atoms with E-state index in [1.54, 1.807) is 16.8 Å². The molecular weight excluding hydrogens is 238 g/mol. The predicted octanol–water partition coefficient (Wildman–Crippen LogP) is 2.02. The molecule has 6 heteroatoms. The largest absolute Gasteiger partial charge is 0.399 e. The van der Waals surface area contributed by atoms with Crippen LogP contribution in [0.5, 0.6) is 0 Å². The van der Waals surface area contributed by atoms with Gasteiger partial charge >= 0.3 is 0 Å². The van der Waals surface area contributed by atoms with E-state index in [2.05, 4.69) is 15.1 Å². The molecule has 0 amide bonds. The molecule has 2 aromatic heterocycles. The van der Waals surface area contributed by atoms with E-state index in [4.69, 9.17) is 17.3 Å². The Kier molecular flexibility index (Phi) is 3.28. The van der Waals surface area contributed by atoms with Gasteiger partial charge in [-0.05, 0) is 6.07 Å². The molecule has 0 unspecified atom stereocenters. The molecule has 0 aliphatic rings. The molecule has 0 saturated carbocycles. The van der Waals surface area contributed by atoms with Gasteiger partial charge in [-0.2, -0.15) is 4.68 Å². The molecule has 0 atom stereocenters. The summed E-state index contributed by atoms with van der Waals surface area (Å²) >= 11 is 5.88. The number of nitrogen functional groups attached to an aromatic ring is 1. The standard InChI is InChI=1S/C11H14ClN5/c1-3-9-15-10(4-2)17(16-9)11-6-7(13)5-8(12)14-11/h5-6H,3-4H2,1-2H3,(H2,13,14). The summed E-state index contributed by atoms with van der Waals surface area (Å²) in [5, 5.41) is 4.74. The third-order valence-electron chi connectivity index (χ3n) is 2.37. The number of hydrogen-bond donors (Lipinski definition) is 1. The van der Waals surface area contributed by atoms with Gasteiger partial charge in [-0.25, -0.2) is 9.97 Å². The molecule has 0 fully saturated rings. The van der Waals surface area contributed by atoms with Crippen molar-refractivity contribution in [2.75, 3.05) is 5.73 Å². The van der Waals surface area contributed by atoms with Crippen LogP contribution in [-0.4, -0.2) is 19.7 Å². The van der Waals surface area contributed by atoms with Gasteiger partial charge in [-0.15, -0.1) is 5.10 Å². The van der Waals surface area contributed by atoms with Gasteiger partial charge in [0.1, 0.15) is 11.0 Å². The van der Waals surface area contributed by atoms with E-state index in [-0.39, 0.29) is 0 Å². The van der Waals surface area contributed by atoms with Crippen LogP contribution < -0.4 is 5.73 Å². The van der Waals surface area contributed by atoms with Gasteiger partial charge in [0.2, 0.25) is 0 Å². The number of halogens is 1. The maximum absolute atomic E-state index is 5.88. The van der Waals surface area contributed by atoms with Crippen LogP contribution in [0.25, 0.3) is 5.82 Å². The molecule has 90 valence electrons. The van der Waals surface area contributed by atoms with Crippen LogP contribution in [0.1, 0.15) is 25.5 Å². The van der Waals surface area contributed by atoms with Crippen molar-refractivity contribution in [1.29, 1.82) is 0 Å². The monoisotopic (exact) mass is 251 g/mol. The van der Waals surface area contributed by atoms with Gasteiger partial charge in [-0.3, -0.25) is 0 Å². The lowest BCUT2D eigenvalue weighted by Gasteiger charge is -2.04. The number of nitrogens with two attached hydrogens (primary N) is 1. The van der Waals surface area contributed by atoms with Crippen LogP contribution >= 0.6 is 11.6 Å². The molecule has 0 aromatic carbocycles. The van der Waals surface area contributed by atoms with Crippen molar-refractivity contribution < 1.29 is 0 Å². The fourth-order valence-electron chi connectivity index (χ4n) is 1.56. The van der Waals surface area contributed by atoms with Crippen LogP contribution in [0.2, 0.25) is 5.15 Å². The second-order valence-electron chi connectivity index (χ2n) is 3.64. The highest BCUT2D eigenvalue weighted by molar-refractivity contribution is 6.29. The Hall–Kier alpha value is -1.62. The van der Waals surface area contributed by atoms with Crippen molar-refractivity contribution in [3.63, 3.8) is 0 Å². The Morgan fingerprint density at radius 2 is 2.00 bits per heavy atom. The summed E-state index contributed by atoms with van der Waals surface area (Å²) in [6.45, 7) is 4.03. The van der Waals surface area contributed by atoms with Gasteiger partial charge in [0.05, 0.1) is 0 Å². The van der Waals surface area contributed by atoms with Crippen LogP contribution in [0.3, 0.4) is 0 Å². The molecule has 2 heterocycles. The molecular formula is C11H14ClN5. The van der Waals surface area contributed by atoms with E-state index in [1.807, 2.05) is 13.8 Å². The first-order valence-electron chi connectivity index (χ1n) is 5.52. The van der Waals surface area contributed by atoms with Gasteiger partial charge in [0.25, 0.3) is 0 Å². The molecule has 2 N–H and O–H groups in total. The summed E-state index contributed by atoms with van der Waals surface area (Å²) < 4.78 is 1.70. The second kappa shape index (κ2) is 4.71. The van der Waals surface area contributed by atoms with Gasteiger partial charge in [0, 0.05) is 24.6 Å². The zero-order valence-electron chi connectivity index (χ0n) is 9.81. The lowest BCUT2D eigenvalue weighted by Crippen LogP contribution is -2.05. The van der Waals surface area contributed by atoms with Crippen LogP contribution in [0.15, 0.2) is 12.1 Å². The predicted molar refractivity (Wildman–Crippen MR) is 67.3 cm³/mol. The summed E-state index contributed by atoms with van der Waals surface area (Å²) in [6.07, 6.45) is 1.57. The van der Waals surface area contributed by atoms with Gasteiger partial charge in [0.15, 0.2) is 11.6 Å². The Labute approximate surface area is 105 Å². The molecule has 0 aliphatic heterocycles. The summed E-state index contributed by atoms with van der Waals surface area (Å²) in [5.41, 5.74) is 6.31. The maximum Gasteiger partial charge on any atom is 0.159 e. The first-order valence-corrected chi connectivity index (χ1v) is 5.90. The topological polar surface area (TPSA) is 69.6 Å². The summed E-state index contributed by atoms with van der Waals surface area (Å²) in [7, 11) is 0. The van der Waals surface area contributed by atoms with Crippen molar-refractivity contribution in [1.82, 2.24) is 19.7 Å². The number of rotatable bonds is 3. The zero-order chi connectivity index (χ0) is 12.4. The minimum absolute atomic E-state index is 0.357. The zero-order valence-corrected chi connectivity index (χ0v) is 10.6. The third kappa shape index (κ3) is 2.39. The highest BCUT2D eigenvalue weighted by Crippen LogP contribution is 2.16. The SMILES string of the molecule is CCc1nc(CC)n(-c2cc(N)cc(Cl)n2)n1. The summed E-state index contributed by atoms with van der Waals surface area (Å²) in [6, 6.07) is 3.34. The van der Waals surface area contributed by atoms with E-state index >= 15 is 0 Å². The van der Waals surface area contributed by atoms with Crippen LogP contribution in [-0.2, 0) is 12.8 Å². The fourth-order valence-corrected chi connectivity index (χ4v) is 1.78. The molecule has 0 spiro atoms. The van der Waals surface area contributed by atoms with E-state index < -0.39 is 0 Å². The van der Waals surface area contributed by atoms with Crippen molar-refractivity contribution in [2.45, 2.75) is 26.7 Å². The van der Waals surface area contributed by atoms with E-state index in [0.717, 1.165) is 24.5 Å². The van der Waals surface area contributed by atoms with Crippen molar-refractivity contribution >= 4 is 17.3 Å². The van der Waals surface area contributed by atoms with Crippen molar-refractivity contribution in [3.05, 3.63) is 28.9 Å². The van der Waals surface area contributed by atoms with Crippen LogP contribution in [0, 0.1) is 0 Å². The molecule has 17 heavy (non-hydrogen) atoms. The highest BCUT2D eigenvalue weighted by Gasteiger charge is 2.11. The highest BCUT2D eigenvalue weighted by atomic mass is 35.5.